The average molecular weight is 376 g/mol. The van der Waals surface area contributed by atoms with Gasteiger partial charge in [-0.3, -0.25) is 14.3 Å². The van der Waals surface area contributed by atoms with Crippen LogP contribution in [0, 0.1) is 18.6 Å². The normalized spacial score (nSPS) is 14.6. The lowest BCUT2D eigenvalue weighted by atomic mass is 10.0. The second-order valence-electron chi connectivity index (χ2n) is 6.54. The molecular weight excluding hydrogens is 361 g/mol. The minimum atomic E-state index is -1.04. The summed E-state index contributed by atoms with van der Waals surface area (Å²) < 4.78 is 42.0. The van der Waals surface area contributed by atoms with Gasteiger partial charge in [0.2, 0.25) is 5.91 Å². The maximum Gasteiger partial charge on any atom is 0.328 e. The fourth-order valence-electron chi connectivity index (χ4n) is 3.09. The molecule has 27 heavy (non-hydrogen) atoms. The van der Waals surface area contributed by atoms with E-state index in [1.165, 1.54) is 34.7 Å². The van der Waals surface area contributed by atoms with Crippen LogP contribution in [0.25, 0.3) is 22.3 Å². The zero-order valence-electron chi connectivity index (χ0n) is 14.3. The molecule has 0 aliphatic carbocycles. The number of imidazole rings is 1. The van der Waals surface area contributed by atoms with Gasteiger partial charge in [0.15, 0.2) is 5.65 Å². The smallest absolute Gasteiger partial charge is 0.328 e. The fourth-order valence-corrected chi connectivity index (χ4v) is 3.09. The molecule has 0 saturated carbocycles. The summed E-state index contributed by atoms with van der Waals surface area (Å²) in [7, 11) is 0. The van der Waals surface area contributed by atoms with E-state index in [0.717, 1.165) is 6.07 Å². The first-order chi connectivity index (χ1) is 12.8. The number of hydrogen-bond acceptors (Lipinski definition) is 3. The van der Waals surface area contributed by atoms with Crippen molar-refractivity contribution in [3.63, 3.8) is 0 Å². The maximum absolute atomic E-state index is 14.4. The highest BCUT2D eigenvalue weighted by Crippen LogP contribution is 2.27. The summed E-state index contributed by atoms with van der Waals surface area (Å²) in [5.41, 5.74) is 0.366. The topological polar surface area (TPSA) is 71.0 Å². The van der Waals surface area contributed by atoms with Gasteiger partial charge in [-0.25, -0.2) is 22.9 Å². The Kier molecular flexibility index (Phi) is 4.01. The van der Waals surface area contributed by atoms with Crippen molar-refractivity contribution < 1.29 is 18.0 Å². The summed E-state index contributed by atoms with van der Waals surface area (Å²) in [6, 6.07) is 3.96. The number of amides is 1. The van der Waals surface area contributed by atoms with Crippen molar-refractivity contribution in [1.82, 2.24) is 19.4 Å². The highest BCUT2D eigenvalue weighted by Gasteiger charge is 2.30. The summed E-state index contributed by atoms with van der Waals surface area (Å²) in [5.74, 6) is -1.76. The molecule has 1 aliphatic heterocycles. The summed E-state index contributed by atoms with van der Waals surface area (Å²) in [6.07, 6.45) is 0.329. The van der Waals surface area contributed by atoms with Crippen molar-refractivity contribution in [3.8, 4) is 11.1 Å². The Morgan fingerprint density at radius 1 is 1.33 bits per heavy atom. The fraction of sp³-hybridized carbons (Fsp3) is 0.278. The second-order valence-corrected chi connectivity index (χ2v) is 6.54. The van der Waals surface area contributed by atoms with Crippen LogP contribution in [0.15, 0.2) is 29.2 Å². The number of aromatic amines is 1. The van der Waals surface area contributed by atoms with Gasteiger partial charge in [0.25, 0.3) is 0 Å². The molecule has 0 atom stereocenters. The molecule has 3 aromatic rings. The Hall–Kier alpha value is -3.10. The molecule has 0 unspecified atom stereocenters. The van der Waals surface area contributed by atoms with E-state index in [9.17, 15) is 22.8 Å². The molecule has 0 spiro atoms. The molecule has 6 nitrogen and oxygen atoms in total. The molecule has 140 valence electrons. The molecule has 1 amide bonds. The van der Waals surface area contributed by atoms with Crippen LogP contribution in [0.1, 0.15) is 5.56 Å². The van der Waals surface area contributed by atoms with Crippen LogP contribution in [0.3, 0.4) is 0 Å². The highest BCUT2D eigenvalue weighted by atomic mass is 19.1. The average Bonchev–Trinajstić information content (AvgIpc) is 2.92. The minimum Gasteiger partial charge on any atom is -0.335 e. The number of rotatable bonds is 3. The molecule has 4 rings (SSSR count). The van der Waals surface area contributed by atoms with Gasteiger partial charge in [0.1, 0.15) is 24.4 Å². The maximum atomic E-state index is 14.4. The van der Waals surface area contributed by atoms with Crippen LogP contribution >= 0.6 is 0 Å². The predicted molar refractivity (Wildman–Crippen MR) is 91.9 cm³/mol. The molecule has 1 N–H and O–H groups in total. The number of nitrogens with one attached hydrogen (secondary N) is 1. The monoisotopic (exact) mass is 376 g/mol. The number of nitrogens with zero attached hydrogens (tertiary/aromatic N) is 3. The van der Waals surface area contributed by atoms with Gasteiger partial charge >= 0.3 is 5.69 Å². The Balaban J connectivity index is 1.75. The molecule has 1 fully saturated rings. The number of pyridine rings is 1. The summed E-state index contributed by atoms with van der Waals surface area (Å²) in [5, 5.41) is 0. The van der Waals surface area contributed by atoms with Gasteiger partial charge < -0.3 is 4.90 Å². The summed E-state index contributed by atoms with van der Waals surface area (Å²) >= 11 is 0. The number of alkyl halides is 1. The van der Waals surface area contributed by atoms with Crippen molar-refractivity contribution in [1.29, 1.82) is 0 Å². The number of benzene rings is 1. The Labute approximate surface area is 151 Å². The van der Waals surface area contributed by atoms with Crippen molar-refractivity contribution in [3.05, 3.63) is 52.1 Å². The molecule has 1 aliphatic rings. The van der Waals surface area contributed by atoms with Crippen LogP contribution < -0.4 is 5.69 Å². The lowest BCUT2D eigenvalue weighted by Crippen LogP contribution is -2.52. The van der Waals surface area contributed by atoms with Crippen molar-refractivity contribution in [2.45, 2.75) is 19.6 Å². The Morgan fingerprint density at radius 2 is 2.07 bits per heavy atom. The molecule has 1 saturated heterocycles. The van der Waals surface area contributed by atoms with E-state index < -0.39 is 23.5 Å². The third-order valence-corrected chi connectivity index (χ3v) is 4.74. The number of fused-ring (bicyclic) bond motifs is 1. The van der Waals surface area contributed by atoms with Crippen molar-refractivity contribution >= 4 is 17.1 Å². The lowest BCUT2D eigenvalue weighted by molar-refractivity contribution is -0.138. The van der Waals surface area contributed by atoms with Crippen LogP contribution in [0.5, 0.6) is 0 Å². The van der Waals surface area contributed by atoms with Crippen LogP contribution in [-0.4, -0.2) is 44.6 Å². The quantitative estimate of drug-likeness (QED) is 0.762. The molecule has 1 aromatic carbocycles. The zero-order chi connectivity index (χ0) is 19.3. The number of carbonyl (C=O) groups excluding carboxylic acids is 1. The van der Waals surface area contributed by atoms with Gasteiger partial charge in [-0.1, -0.05) is 0 Å². The van der Waals surface area contributed by atoms with Crippen molar-refractivity contribution in [2.24, 2.45) is 0 Å². The Bertz CT molecular complexity index is 1120. The second kappa shape index (κ2) is 6.26. The third-order valence-electron chi connectivity index (χ3n) is 4.74. The van der Waals surface area contributed by atoms with Crippen molar-refractivity contribution in [2.75, 3.05) is 13.1 Å². The van der Waals surface area contributed by atoms with Gasteiger partial charge in [0, 0.05) is 22.9 Å². The van der Waals surface area contributed by atoms with E-state index in [2.05, 4.69) is 9.97 Å². The minimum absolute atomic E-state index is 0.0134. The first-order valence-corrected chi connectivity index (χ1v) is 8.30. The first kappa shape index (κ1) is 17.3. The number of aromatic nitrogens is 3. The van der Waals surface area contributed by atoms with Gasteiger partial charge in [0.05, 0.1) is 18.6 Å². The molecular formula is C18H15F3N4O2. The molecule has 2 aromatic heterocycles. The van der Waals surface area contributed by atoms with E-state index in [1.54, 1.807) is 0 Å². The molecule has 3 heterocycles. The van der Waals surface area contributed by atoms with E-state index in [-0.39, 0.29) is 42.3 Å². The number of halogens is 3. The SMILES string of the molecule is Cc1c(F)ccc(-c2cnc3[nH]c(=O)n(CC(=O)N4CC(F)C4)c3c2)c1F. The van der Waals surface area contributed by atoms with Gasteiger partial charge in [-0.05, 0) is 25.1 Å². The number of H-pyrrole nitrogens is 1. The summed E-state index contributed by atoms with van der Waals surface area (Å²) in [6.45, 7) is 1.08. The van der Waals surface area contributed by atoms with Gasteiger partial charge in [-0.15, -0.1) is 0 Å². The van der Waals surface area contributed by atoms with E-state index >= 15 is 0 Å². The number of hydrogen-bond donors (Lipinski definition) is 1. The van der Waals surface area contributed by atoms with E-state index in [1.807, 2.05) is 0 Å². The predicted octanol–water partition coefficient (Wildman–Crippen LogP) is 2.16. The number of carbonyl (C=O) groups is 1. The lowest BCUT2D eigenvalue weighted by Gasteiger charge is -2.34. The first-order valence-electron chi connectivity index (χ1n) is 8.30. The number of likely N-dealkylation sites (tertiary alicyclic amines) is 1. The Morgan fingerprint density at radius 3 is 2.78 bits per heavy atom. The van der Waals surface area contributed by atoms with Crippen LogP contribution in [-0.2, 0) is 11.3 Å². The van der Waals surface area contributed by atoms with Crippen LogP contribution in [0.4, 0.5) is 13.2 Å². The molecule has 0 bridgehead atoms. The van der Waals surface area contributed by atoms with E-state index in [4.69, 9.17) is 0 Å². The highest BCUT2D eigenvalue weighted by molar-refractivity contribution is 5.82. The standard InChI is InChI=1S/C18H15F3N4O2/c1-9-13(20)3-2-12(16(9)21)10-4-14-17(22-5-10)23-18(27)25(14)8-15(26)24-6-11(19)7-24/h2-5,11H,6-8H2,1H3,(H,22,23,27). The molecule has 0 radical (unpaired) electrons. The molecule has 9 heteroatoms. The third kappa shape index (κ3) is 2.88. The zero-order valence-corrected chi connectivity index (χ0v) is 14.3. The summed E-state index contributed by atoms with van der Waals surface area (Å²) in [4.78, 5) is 32.3. The van der Waals surface area contributed by atoms with E-state index in [0.29, 0.717) is 11.1 Å². The largest absolute Gasteiger partial charge is 0.335 e. The van der Waals surface area contributed by atoms with Gasteiger partial charge in [-0.2, -0.15) is 0 Å². The van der Waals surface area contributed by atoms with Crippen LogP contribution in [0.2, 0.25) is 0 Å².